The molecular weight excluding hydrogens is 512 g/mol. The fraction of sp³-hybridized carbons (Fsp3) is 0.333. The second kappa shape index (κ2) is 15.5. The summed E-state index contributed by atoms with van der Waals surface area (Å²) < 4.78 is 10.0. The molecule has 2 N–H and O–H groups in total. The molecule has 2 rings (SSSR count). The molecule has 10 heteroatoms. The largest absolute Gasteiger partial charge is 0.507 e. The van der Waals surface area contributed by atoms with Crippen LogP contribution in [0.3, 0.4) is 0 Å². The van der Waals surface area contributed by atoms with Gasteiger partial charge in [0.05, 0.1) is 0 Å². The Morgan fingerprint density at radius 2 is 1.07 bits per heavy atom. The highest BCUT2D eigenvalue weighted by Crippen LogP contribution is 2.28. The van der Waals surface area contributed by atoms with E-state index in [4.69, 9.17) is 9.47 Å². The molecule has 0 aliphatic carbocycles. The van der Waals surface area contributed by atoms with E-state index < -0.39 is 11.9 Å². The molecule has 2 aromatic carbocycles. The number of benzene rings is 2. The van der Waals surface area contributed by atoms with E-state index in [1.165, 1.54) is 12.2 Å². The number of hydrogen-bond acceptors (Lipinski definition) is 10. The van der Waals surface area contributed by atoms with Gasteiger partial charge in [-0.25, -0.2) is 9.59 Å². The second-order valence-corrected chi connectivity index (χ2v) is 8.44. The lowest BCUT2D eigenvalue weighted by Gasteiger charge is -2.21. The number of phenols is 2. The highest BCUT2D eigenvalue weighted by molar-refractivity contribution is 5.99. The Labute approximate surface area is 234 Å². The predicted molar refractivity (Wildman–Crippen MR) is 152 cm³/mol. The fourth-order valence-corrected chi connectivity index (χ4v) is 3.89. The van der Waals surface area contributed by atoms with Crippen molar-refractivity contribution in [2.24, 2.45) is 0 Å². The Bertz CT molecular complexity index is 1240. The average Bonchev–Trinajstić information content (AvgIpc) is 2.95. The number of phenolic OH excluding ortho intramolecular Hbond substituents is 2. The van der Waals surface area contributed by atoms with E-state index in [0.717, 1.165) is 37.6 Å². The lowest BCUT2D eigenvalue weighted by molar-refractivity contribution is -0.146. The third-order valence-electron chi connectivity index (χ3n) is 6.12. The van der Waals surface area contributed by atoms with Crippen LogP contribution in [0.25, 0.3) is 12.2 Å². The van der Waals surface area contributed by atoms with Gasteiger partial charge in [-0.3, -0.25) is 0 Å². The minimum Gasteiger partial charge on any atom is -0.507 e. The van der Waals surface area contributed by atoms with Gasteiger partial charge in [-0.05, 0) is 64.1 Å². The SMILES string of the molecule is CCN(CC)c1ccc(C=C(C#N)C(=O)OCCOC(=O)C(C#N)=Cc2ccc(N(CC)CC)cc2O)c(O)c1. The van der Waals surface area contributed by atoms with Crippen LogP contribution < -0.4 is 9.80 Å². The molecule has 0 saturated carbocycles. The maximum atomic E-state index is 12.4. The zero-order valence-corrected chi connectivity index (χ0v) is 23.2. The monoisotopic (exact) mass is 546 g/mol. The van der Waals surface area contributed by atoms with Crippen LogP contribution in [0.15, 0.2) is 47.5 Å². The van der Waals surface area contributed by atoms with Gasteiger partial charge in [-0.2, -0.15) is 10.5 Å². The predicted octanol–water partition coefficient (Wildman–Crippen LogP) is 4.39. The number of nitrogens with zero attached hydrogens (tertiary/aromatic N) is 4. The van der Waals surface area contributed by atoms with Crippen LogP contribution in [0.4, 0.5) is 11.4 Å². The first-order valence-corrected chi connectivity index (χ1v) is 13.0. The zero-order valence-electron chi connectivity index (χ0n) is 23.2. The molecule has 0 spiro atoms. The van der Waals surface area contributed by atoms with E-state index in [2.05, 4.69) is 0 Å². The topological polar surface area (TPSA) is 147 Å². The van der Waals surface area contributed by atoms with Crippen molar-refractivity contribution in [2.75, 3.05) is 49.2 Å². The zero-order chi connectivity index (χ0) is 29.7. The number of ether oxygens (including phenoxy) is 2. The van der Waals surface area contributed by atoms with E-state index in [-0.39, 0.29) is 47.0 Å². The maximum Gasteiger partial charge on any atom is 0.349 e. The van der Waals surface area contributed by atoms with Gasteiger partial charge in [-0.15, -0.1) is 0 Å². The van der Waals surface area contributed by atoms with E-state index in [1.807, 2.05) is 37.5 Å². The molecule has 0 aliphatic heterocycles. The molecule has 10 nitrogen and oxygen atoms in total. The second-order valence-electron chi connectivity index (χ2n) is 8.44. The highest BCUT2D eigenvalue weighted by Gasteiger charge is 2.16. The standard InChI is InChI=1S/C30H34N4O6/c1-5-33(6-2)25-11-9-21(27(35)17-25)15-23(19-31)29(37)39-13-14-40-30(38)24(20-32)16-22-10-12-26(18-28(22)36)34(7-3)8-4/h9-12,15-18,35-36H,5-8,13-14H2,1-4H3. The molecule has 0 unspecified atom stereocenters. The Morgan fingerprint density at radius 1 is 0.725 bits per heavy atom. The van der Waals surface area contributed by atoms with Gasteiger partial charge in [0, 0.05) is 60.8 Å². The Morgan fingerprint density at radius 3 is 1.35 bits per heavy atom. The minimum absolute atomic E-state index is 0.0940. The van der Waals surface area contributed by atoms with Crippen LogP contribution in [0.5, 0.6) is 11.5 Å². The van der Waals surface area contributed by atoms with Crippen molar-refractivity contribution < 1.29 is 29.3 Å². The smallest absolute Gasteiger partial charge is 0.349 e. The lowest BCUT2D eigenvalue weighted by atomic mass is 10.1. The number of hydrogen-bond donors (Lipinski definition) is 2. The first-order chi connectivity index (χ1) is 19.2. The highest BCUT2D eigenvalue weighted by atomic mass is 16.6. The summed E-state index contributed by atoms with van der Waals surface area (Å²) >= 11 is 0. The van der Waals surface area contributed by atoms with E-state index in [1.54, 1.807) is 48.5 Å². The van der Waals surface area contributed by atoms with Crippen LogP contribution in [-0.4, -0.2) is 61.5 Å². The van der Waals surface area contributed by atoms with Crippen molar-refractivity contribution in [1.82, 2.24) is 0 Å². The molecule has 0 saturated heterocycles. The molecule has 0 fully saturated rings. The van der Waals surface area contributed by atoms with Crippen molar-refractivity contribution in [2.45, 2.75) is 27.7 Å². The van der Waals surface area contributed by atoms with Crippen molar-refractivity contribution in [3.05, 3.63) is 58.7 Å². The summed E-state index contributed by atoms with van der Waals surface area (Å²) in [5.74, 6) is -2.10. The molecule has 210 valence electrons. The summed E-state index contributed by atoms with van der Waals surface area (Å²) in [6.45, 7) is 10.2. The van der Waals surface area contributed by atoms with Crippen LogP contribution >= 0.6 is 0 Å². The van der Waals surface area contributed by atoms with E-state index in [9.17, 15) is 30.3 Å². The van der Waals surface area contributed by atoms with Crippen LogP contribution in [0.1, 0.15) is 38.8 Å². The third-order valence-corrected chi connectivity index (χ3v) is 6.12. The maximum absolute atomic E-state index is 12.4. The summed E-state index contributed by atoms with van der Waals surface area (Å²) in [6.07, 6.45) is 2.42. The van der Waals surface area contributed by atoms with Crippen molar-refractivity contribution in [3.63, 3.8) is 0 Å². The average molecular weight is 547 g/mol. The van der Waals surface area contributed by atoms with Crippen LogP contribution in [-0.2, 0) is 19.1 Å². The van der Waals surface area contributed by atoms with Gasteiger partial charge in [0.25, 0.3) is 0 Å². The number of anilines is 2. The van der Waals surface area contributed by atoms with Gasteiger partial charge in [0.15, 0.2) is 0 Å². The minimum atomic E-state index is -0.958. The van der Waals surface area contributed by atoms with Gasteiger partial charge >= 0.3 is 11.9 Å². The molecule has 0 heterocycles. The number of aromatic hydroxyl groups is 2. The van der Waals surface area contributed by atoms with Gasteiger partial charge in [-0.1, -0.05) is 0 Å². The first-order valence-electron chi connectivity index (χ1n) is 13.0. The summed E-state index contributed by atoms with van der Waals surface area (Å²) in [5.41, 5.74) is 1.46. The Kier molecular flexibility index (Phi) is 12.1. The molecule has 2 aromatic rings. The van der Waals surface area contributed by atoms with Crippen LogP contribution in [0, 0.1) is 22.7 Å². The summed E-state index contributed by atoms with van der Waals surface area (Å²) in [7, 11) is 0. The number of rotatable bonds is 13. The molecule has 0 atom stereocenters. The van der Waals surface area contributed by atoms with Gasteiger partial charge in [0.2, 0.25) is 0 Å². The molecule has 0 bridgehead atoms. The molecule has 0 aromatic heterocycles. The molecule has 0 radical (unpaired) electrons. The van der Waals surface area contributed by atoms with Crippen molar-refractivity contribution in [1.29, 1.82) is 10.5 Å². The van der Waals surface area contributed by atoms with Gasteiger partial charge in [0.1, 0.15) is 48.0 Å². The number of esters is 2. The Balaban J connectivity index is 1.99. The number of carbonyl (C=O) groups is 2. The molecule has 0 aliphatic rings. The van der Waals surface area contributed by atoms with Gasteiger partial charge < -0.3 is 29.5 Å². The third kappa shape index (κ3) is 8.27. The summed E-state index contributed by atoms with van der Waals surface area (Å²) in [4.78, 5) is 28.8. The number of carbonyl (C=O) groups excluding carboxylic acids is 2. The van der Waals surface area contributed by atoms with Crippen molar-refractivity contribution in [3.8, 4) is 23.6 Å². The first kappa shape index (κ1) is 31.3. The Hall–Kier alpha value is -4.96. The molecular formula is C30H34N4O6. The van der Waals surface area contributed by atoms with E-state index >= 15 is 0 Å². The van der Waals surface area contributed by atoms with Crippen molar-refractivity contribution >= 4 is 35.5 Å². The normalized spacial score (nSPS) is 11.2. The summed E-state index contributed by atoms with van der Waals surface area (Å²) in [6, 6.07) is 13.3. The van der Waals surface area contributed by atoms with Crippen LogP contribution in [0.2, 0.25) is 0 Å². The molecule has 0 amide bonds. The van der Waals surface area contributed by atoms with E-state index in [0.29, 0.717) is 0 Å². The summed E-state index contributed by atoms with van der Waals surface area (Å²) in [5, 5.41) is 39.5. The quantitative estimate of drug-likeness (QED) is 0.160. The molecule has 40 heavy (non-hydrogen) atoms. The number of nitriles is 2. The fourth-order valence-electron chi connectivity index (χ4n) is 3.89. The lowest BCUT2D eigenvalue weighted by Crippen LogP contribution is -2.21.